The van der Waals surface area contributed by atoms with E-state index in [1.165, 1.54) is 0 Å². The molecule has 1 rings (SSSR count). The Labute approximate surface area is 156 Å². The van der Waals surface area contributed by atoms with Crippen LogP contribution in [-0.4, -0.2) is 63.5 Å². The Hall–Kier alpha value is -1.45. The summed E-state index contributed by atoms with van der Waals surface area (Å²) in [5.74, 6) is -1.05. The van der Waals surface area contributed by atoms with E-state index in [2.05, 4.69) is 0 Å². The molecular formula is C18H33BN2O5. The standard InChI is InChI=1S/C17H29BN2O5.CH4/c19-17(16(22)23,8-4-5-10-18(24)25)9-11-20(12-13-21)14-15-6-2-1-3-7-15;/h1-3,6-7,21,24-25H,4-5,8-14,19H2,(H,22,23);1H4. The highest BCUT2D eigenvalue weighted by atomic mass is 16.4. The number of rotatable bonds is 13. The van der Waals surface area contributed by atoms with Crippen LogP contribution in [0.15, 0.2) is 30.3 Å². The first-order valence-corrected chi connectivity index (χ1v) is 8.63. The van der Waals surface area contributed by atoms with Crippen molar-refractivity contribution in [3.63, 3.8) is 0 Å². The van der Waals surface area contributed by atoms with Crippen LogP contribution in [0, 0.1) is 0 Å². The smallest absolute Gasteiger partial charge is 0.451 e. The number of benzene rings is 1. The lowest BCUT2D eigenvalue weighted by molar-refractivity contribution is -0.144. The summed E-state index contributed by atoms with van der Waals surface area (Å²) in [6.45, 7) is 1.52. The van der Waals surface area contributed by atoms with E-state index in [9.17, 15) is 15.0 Å². The maximum Gasteiger partial charge on any atom is 0.451 e. The van der Waals surface area contributed by atoms with Crippen LogP contribution in [0.4, 0.5) is 0 Å². The van der Waals surface area contributed by atoms with E-state index >= 15 is 0 Å². The van der Waals surface area contributed by atoms with E-state index in [4.69, 9.17) is 15.8 Å². The molecule has 0 spiro atoms. The first-order chi connectivity index (χ1) is 11.9. The first kappa shape index (κ1) is 24.6. The molecule has 0 aliphatic rings. The molecule has 0 aliphatic heterocycles. The summed E-state index contributed by atoms with van der Waals surface area (Å²) < 4.78 is 0. The minimum absolute atomic E-state index is 0. The fourth-order valence-electron chi connectivity index (χ4n) is 2.72. The molecule has 26 heavy (non-hydrogen) atoms. The number of unbranched alkanes of at least 4 members (excludes halogenated alkanes) is 1. The van der Waals surface area contributed by atoms with E-state index < -0.39 is 18.6 Å². The third-order valence-corrected chi connectivity index (χ3v) is 4.30. The van der Waals surface area contributed by atoms with Crippen LogP contribution in [0.5, 0.6) is 0 Å². The van der Waals surface area contributed by atoms with Crippen LogP contribution < -0.4 is 5.73 Å². The Balaban J connectivity index is 0.00000625. The predicted octanol–water partition coefficient (Wildman–Crippen LogP) is 0.932. The Morgan fingerprint density at radius 3 is 2.31 bits per heavy atom. The molecule has 1 atom stereocenters. The molecule has 0 bridgehead atoms. The lowest BCUT2D eigenvalue weighted by Gasteiger charge is -2.29. The molecule has 0 radical (unpaired) electrons. The summed E-state index contributed by atoms with van der Waals surface area (Å²) in [6.07, 6.45) is 1.76. The van der Waals surface area contributed by atoms with Crippen molar-refractivity contribution in [1.29, 1.82) is 0 Å². The van der Waals surface area contributed by atoms with E-state index in [1.807, 2.05) is 35.2 Å². The van der Waals surface area contributed by atoms with Crippen molar-refractivity contribution >= 4 is 13.1 Å². The number of carbonyl (C=O) groups is 1. The topological polar surface area (TPSA) is 127 Å². The zero-order valence-electron chi connectivity index (χ0n) is 14.5. The second kappa shape index (κ2) is 12.8. The third kappa shape index (κ3) is 9.31. The Bertz CT molecular complexity index is 504. The fraction of sp³-hybridized carbons (Fsp3) is 0.611. The molecule has 6 N–H and O–H groups in total. The van der Waals surface area contributed by atoms with Crippen molar-refractivity contribution < 1.29 is 25.1 Å². The van der Waals surface area contributed by atoms with Gasteiger partial charge >= 0.3 is 13.1 Å². The summed E-state index contributed by atoms with van der Waals surface area (Å²) in [5, 5.41) is 36.4. The maximum absolute atomic E-state index is 11.6. The Morgan fingerprint density at radius 2 is 1.77 bits per heavy atom. The van der Waals surface area contributed by atoms with Gasteiger partial charge in [-0.25, -0.2) is 0 Å². The molecule has 0 saturated carbocycles. The van der Waals surface area contributed by atoms with Gasteiger partial charge in [0, 0.05) is 19.6 Å². The van der Waals surface area contributed by atoms with Gasteiger partial charge in [-0.3, -0.25) is 9.69 Å². The van der Waals surface area contributed by atoms with Crippen LogP contribution in [0.3, 0.4) is 0 Å². The molecule has 0 saturated heterocycles. The van der Waals surface area contributed by atoms with Crippen molar-refractivity contribution in [2.75, 3.05) is 19.7 Å². The minimum Gasteiger partial charge on any atom is -0.480 e. The molecule has 0 fully saturated rings. The summed E-state index contributed by atoms with van der Waals surface area (Å²) in [5.41, 5.74) is 5.81. The quantitative estimate of drug-likeness (QED) is 0.259. The van der Waals surface area contributed by atoms with Gasteiger partial charge in [0.2, 0.25) is 0 Å². The highest BCUT2D eigenvalue weighted by Gasteiger charge is 2.33. The first-order valence-electron chi connectivity index (χ1n) is 8.63. The third-order valence-electron chi connectivity index (χ3n) is 4.30. The molecule has 1 unspecified atom stereocenters. The van der Waals surface area contributed by atoms with Gasteiger partial charge in [-0.2, -0.15) is 0 Å². The maximum atomic E-state index is 11.6. The SMILES string of the molecule is C.NC(CCCCB(O)O)(CCN(CCO)Cc1ccccc1)C(=O)O. The van der Waals surface area contributed by atoms with Crippen molar-refractivity contribution in [2.45, 2.75) is 51.5 Å². The van der Waals surface area contributed by atoms with Gasteiger partial charge in [-0.1, -0.05) is 50.6 Å². The molecule has 1 aromatic rings. The molecule has 7 nitrogen and oxygen atoms in total. The molecule has 0 aromatic heterocycles. The van der Waals surface area contributed by atoms with Crippen LogP contribution >= 0.6 is 0 Å². The van der Waals surface area contributed by atoms with Gasteiger partial charge < -0.3 is 26.0 Å². The van der Waals surface area contributed by atoms with Crippen molar-refractivity contribution in [3.05, 3.63) is 35.9 Å². The van der Waals surface area contributed by atoms with Crippen LogP contribution in [0.25, 0.3) is 0 Å². The fourth-order valence-corrected chi connectivity index (χ4v) is 2.72. The number of aliphatic carboxylic acids is 1. The number of carboxylic acids is 1. The number of aliphatic hydroxyl groups is 1. The second-order valence-electron chi connectivity index (χ2n) is 6.42. The van der Waals surface area contributed by atoms with Crippen LogP contribution in [0.2, 0.25) is 6.32 Å². The zero-order chi connectivity index (χ0) is 18.7. The molecule has 0 amide bonds. The largest absolute Gasteiger partial charge is 0.480 e. The average molecular weight is 368 g/mol. The number of hydrogen-bond donors (Lipinski definition) is 5. The lowest BCUT2D eigenvalue weighted by Crippen LogP contribution is -2.50. The van der Waals surface area contributed by atoms with E-state index in [0.717, 1.165) is 5.56 Å². The summed E-state index contributed by atoms with van der Waals surface area (Å²) >= 11 is 0. The predicted molar refractivity (Wildman–Crippen MR) is 104 cm³/mol. The van der Waals surface area contributed by atoms with Gasteiger partial charge in [0.25, 0.3) is 0 Å². The monoisotopic (exact) mass is 368 g/mol. The van der Waals surface area contributed by atoms with Crippen molar-refractivity contribution in [2.24, 2.45) is 5.73 Å². The van der Waals surface area contributed by atoms with Crippen molar-refractivity contribution in [1.82, 2.24) is 4.90 Å². The van der Waals surface area contributed by atoms with E-state index in [0.29, 0.717) is 32.5 Å². The normalized spacial score (nSPS) is 13.1. The number of carboxylic acid groups (broad SMARTS) is 1. The van der Waals surface area contributed by atoms with Gasteiger partial charge in [0.15, 0.2) is 0 Å². The summed E-state index contributed by atoms with van der Waals surface area (Å²) in [6, 6.07) is 9.77. The molecule has 1 aromatic carbocycles. The molecule has 0 aliphatic carbocycles. The Kier molecular flexibility index (Phi) is 12.1. The summed E-state index contributed by atoms with van der Waals surface area (Å²) in [7, 11) is -1.37. The van der Waals surface area contributed by atoms with Crippen LogP contribution in [0.1, 0.15) is 38.7 Å². The average Bonchev–Trinajstić information content (AvgIpc) is 2.57. The highest BCUT2D eigenvalue weighted by Crippen LogP contribution is 2.19. The second-order valence-corrected chi connectivity index (χ2v) is 6.42. The number of hydrogen-bond acceptors (Lipinski definition) is 6. The van der Waals surface area contributed by atoms with Gasteiger partial charge in [0.1, 0.15) is 5.54 Å². The van der Waals surface area contributed by atoms with Gasteiger partial charge in [-0.15, -0.1) is 0 Å². The lowest BCUT2D eigenvalue weighted by atomic mass is 9.81. The van der Waals surface area contributed by atoms with Gasteiger partial charge in [-0.05, 0) is 24.7 Å². The Morgan fingerprint density at radius 1 is 1.12 bits per heavy atom. The molecular weight excluding hydrogens is 335 g/mol. The molecule has 148 valence electrons. The highest BCUT2D eigenvalue weighted by molar-refractivity contribution is 6.40. The summed E-state index contributed by atoms with van der Waals surface area (Å²) in [4.78, 5) is 13.6. The van der Waals surface area contributed by atoms with E-state index in [-0.39, 0.29) is 33.2 Å². The van der Waals surface area contributed by atoms with Gasteiger partial charge in [0.05, 0.1) is 6.61 Å². The van der Waals surface area contributed by atoms with Crippen LogP contribution in [-0.2, 0) is 11.3 Å². The number of nitrogens with two attached hydrogens (primary N) is 1. The molecule has 8 heteroatoms. The number of aliphatic hydroxyl groups excluding tert-OH is 1. The zero-order valence-corrected chi connectivity index (χ0v) is 14.5. The number of nitrogens with zero attached hydrogens (tertiary/aromatic N) is 1. The molecule has 0 heterocycles. The van der Waals surface area contributed by atoms with E-state index in [1.54, 1.807) is 0 Å². The minimum atomic E-state index is -1.37. The van der Waals surface area contributed by atoms with Crippen molar-refractivity contribution in [3.8, 4) is 0 Å².